The first-order chi connectivity index (χ1) is 9.03. The molecule has 0 radical (unpaired) electrons. The summed E-state index contributed by atoms with van der Waals surface area (Å²) < 4.78 is 10.4. The van der Waals surface area contributed by atoms with Gasteiger partial charge in [0.15, 0.2) is 11.5 Å². The van der Waals surface area contributed by atoms with Gasteiger partial charge in [-0.15, -0.1) is 0 Å². The summed E-state index contributed by atoms with van der Waals surface area (Å²) in [5, 5.41) is 9.03. The van der Waals surface area contributed by atoms with Gasteiger partial charge in [0, 0.05) is 6.54 Å². The topological polar surface area (TPSA) is 81.8 Å². The molecule has 5 heteroatoms. The van der Waals surface area contributed by atoms with Gasteiger partial charge in [0.1, 0.15) is 0 Å². The van der Waals surface area contributed by atoms with Crippen molar-refractivity contribution in [3.8, 4) is 11.5 Å². The van der Waals surface area contributed by atoms with Crippen LogP contribution in [0, 0.1) is 5.92 Å². The quantitative estimate of drug-likeness (QED) is 0.788. The van der Waals surface area contributed by atoms with Crippen LogP contribution in [0.5, 0.6) is 11.5 Å². The Morgan fingerprint density at radius 3 is 2.42 bits per heavy atom. The smallest absolute Gasteiger partial charge is 0.307 e. The predicted molar refractivity (Wildman–Crippen MR) is 72.8 cm³/mol. The van der Waals surface area contributed by atoms with Crippen molar-refractivity contribution in [3.63, 3.8) is 0 Å². The third-order valence-electron chi connectivity index (χ3n) is 3.25. The second-order valence-electron chi connectivity index (χ2n) is 4.52. The number of hydrogen-bond donors (Lipinski definition) is 2. The van der Waals surface area contributed by atoms with E-state index in [1.54, 1.807) is 14.2 Å². The number of rotatable bonds is 7. The maximum atomic E-state index is 11.0. The molecule has 3 N–H and O–H groups in total. The Bertz CT molecular complexity index is 433. The fraction of sp³-hybridized carbons (Fsp3) is 0.500. The molecule has 0 aliphatic heterocycles. The lowest BCUT2D eigenvalue weighted by Gasteiger charge is -2.18. The highest BCUT2D eigenvalue weighted by molar-refractivity contribution is 5.70. The van der Waals surface area contributed by atoms with Crippen molar-refractivity contribution < 1.29 is 19.4 Å². The molecule has 1 aromatic carbocycles. The summed E-state index contributed by atoms with van der Waals surface area (Å²) >= 11 is 0. The van der Waals surface area contributed by atoms with Gasteiger partial charge in [-0.25, -0.2) is 0 Å². The third kappa shape index (κ3) is 3.86. The Morgan fingerprint density at radius 2 is 1.95 bits per heavy atom. The minimum atomic E-state index is -0.852. The standard InChI is InChI=1S/C14H21NO4/c1-9(6-11(8-15)14(16)17)10-4-5-12(18-2)13(7-10)19-3/h4-5,7,9,11H,6,8,15H2,1-3H3,(H,16,17). The molecular weight excluding hydrogens is 246 g/mol. The summed E-state index contributed by atoms with van der Waals surface area (Å²) in [6.45, 7) is 2.12. The molecule has 0 saturated carbocycles. The molecule has 5 nitrogen and oxygen atoms in total. The number of carboxylic acid groups (broad SMARTS) is 1. The van der Waals surface area contributed by atoms with E-state index < -0.39 is 11.9 Å². The zero-order chi connectivity index (χ0) is 14.4. The maximum absolute atomic E-state index is 11.0. The van der Waals surface area contributed by atoms with E-state index in [0.29, 0.717) is 17.9 Å². The molecular formula is C14H21NO4. The van der Waals surface area contributed by atoms with Crippen LogP contribution in [0.15, 0.2) is 18.2 Å². The number of carboxylic acids is 1. The molecule has 0 heterocycles. The highest BCUT2D eigenvalue weighted by Gasteiger charge is 2.20. The minimum Gasteiger partial charge on any atom is -0.493 e. The Morgan fingerprint density at radius 1 is 1.32 bits per heavy atom. The Kier molecular flexibility index (Phi) is 5.63. The number of benzene rings is 1. The molecule has 0 fully saturated rings. The molecule has 0 bridgehead atoms. The van der Waals surface area contributed by atoms with Gasteiger partial charge in [0.2, 0.25) is 0 Å². The van der Waals surface area contributed by atoms with Gasteiger partial charge < -0.3 is 20.3 Å². The summed E-state index contributed by atoms with van der Waals surface area (Å²) in [5.74, 6) is 0.0147. The molecule has 0 aliphatic carbocycles. The fourth-order valence-corrected chi connectivity index (χ4v) is 2.02. The molecule has 0 aliphatic rings. The van der Waals surface area contributed by atoms with Crippen molar-refractivity contribution >= 4 is 5.97 Å². The zero-order valence-electron chi connectivity index (χ0n) is 11.6. The molecule has 2 atom stereocenters. The molecule has 0 saturated heterocycles. The average Bonchev–Trinajstić information content (AvgIpc) is 2.43. The fourth-order valence-electron chi connectivity index (χ4n) is 2.02. The predicted octanol–water partition coefficient (Wildman–Crippen LogP) is 1.86. The van der Waals surface area contributed by atoms with E-state index in [0.717, 1.165) is 5.56 Å². The minimum absolute atomic E-state index is 0.0875. The van der Waals surface area contributed by atoms with Gasteiger partial charge in [0.25, 0.3) is 0 Å². The lowest BCUT2D eigenvalue weighted by Crippen LogP contribution is -2.24. The van der Waals surface area contributed by atoms with Crippen molar-refractivity contribution in [1.29, 1.82) is 0 Å². The van der Waals surface area contributed by atoms with Gasteiger partial charge in [-0.1, -0.05) is 13.0 Å². The molecule has 0 aromatic heterocycles. The molecule has 1 rings (SSSR count). The molecule has 0 amide bonds. The summed E-state index contributed by atoms with van der Waals surface area (Å²) in [7, 11) is 3.15. The number of carbonyl (C=O) groups is 1. The number of methoxy groups -OCH3 is 2. The number of aliphatic carboxylic acids is 1. The third-order valence-corrected chi connectivity index (χ3v) is 3.25. The highest BCUT2D eigenvalue weighted by atomic mass is 16.5. The Hall–Kier alpha value is -1.75. The highest BCUT2D eigenvalue weighted by Crippen LogP contribution is 2.32. The van der Waals surface area contributed by atoms with E-state index >= 15 is 0 Å². The van der Waals surface area contributed by atoms with E-state index in [1.807, 2.05) is 25.1 Å². The van der Waals surface area contributed by atoms with E-state index in [-0.39, 0.29) is 12.5 Å². The van der Waals surface area contributed by atoms with Gasteiger partial charge in [-0.2, -0.15) is 0 Å². The van der Waals surface area contributed by atoms with Gasteiger partial charge >= 0.3 is 5.97 Å². The van der Waals surface area contributed by atoms with Gasteiger partial charge in [-0.05, 0) is 30.0 Å². The first-order valence-corrected chi connectivity index (χ1v) is 6.18. The zero-order valence-corrected chi connectivity index (χ0v) is 11.6. The van der Waals surface area contributed by atoms with Crippen LogP contribution in [0.3, 0.4) is 0 Å². The monoisotopic (exact) mass is 267 g/mol. The van der Waals surface area contributed by atoms with Crippen LogP contribution >= 0.6 is 0 Å². The van der Waals surface area contributed by atoms with Crippen LogP contribution in [-0.4, -0.2) is 31.8 Å². The first kappa shape index (κ1) is 15.3. The lowest BCUT2D eigenvalue weighted by molar-refractivity contribution is -0.141. The van der Waals surface area contributed by atoms with Crippen LogP contribution < -0.4 is 15.2 Å². The SMILES string of the molecule is COc1ccc(C(C)CC(CN)C(=O)O)cc1OC. The largest absolute Gasteiger partial charge is 0.493 e. The normalized spacial score (nSPS) is 13.7. The summed E-state index contributed by atoms with van der Waals surface area (Å²) in [6, 6.07) is 5.61. The van der Waals surface area contributed by atoms with Gasteiger partial charge in [0.05, 0.1) is 20.1 Å². The van der Waals surface area contributed by atoms with Crippen molar-refractivity contribution in [2.24, 2.45) is 11.7 Å². The van der Waals surface area contributed by atoms with E-state index in [2.05, 4.69) is 0 Å². The molecule has 19 heavy (non-hydrogen) atoms. The van der Waals surface area contributed by atoms with Crippen molar-refractivity contribution in [3.05, 3.63) is 23.8 Å². The Labute approximate surface area is 113 Å². The number of hydrogen-bond acceptors (Lipinski definition) is 4. The van der Waals surface area contributed by atoms with Crippen molar-refractivity contribution in [1.82, 2.24) is 0 Å². The van der Waals surface area contributed by atoms with E-state index in [1.165, 1.54) is 0 Å². The van der Waals surface area contributed by atoms with Crippen LogP contribution in [0.4, 0.5) is 0 Å². The molecule has 106 valence electrons. The molecule has 1 aromatic rings. The Balaban J connectivity index is 2.87. The molecule has 2 unspecified atom stereocenters. The van der Waals surface area contributed by atoms with Gasteiger partial charge in [-0.3, -0.25) is 4.79 Å². The van der Waals surface area contributed by atoms with E-state index in [4.69, 9.17) is 20.3 Å². The summed E-state index contributed by atoms with van der Waals surface area (Å²) in [5.41, 5.74) is 6.49. The summed E-state index contributed by atoms with van der Waals surface area (Å²) in [6.07, 6.45) is 0.501. The lowest BCUT2D eigenvalue weighted by atomic mass is 9.90. The van der Waals surface area contributed by atoms with Crippen LogP contribution in [0.25, 0.3) is 0 Å². The molecule has 0 spiro atoms. The number of ether oxygens (including phenoxy) is 2. The van der Waals surface area contributed by atoms with Crippen LogP contribution in [-0.2, 0) is 4.79 Å². The number of nitrogens with two attached hydrogens (primary N) is 1. The average molecular weight is 267 g/mol. The van der Waals surface area contributed by atoms with Crippen molar-refractivity contribution in [2.75, 3.05) is 20.8 Å². The van der Waals surface area contributed by atoms with Crippen LogP contribution in [0.2, 0.25) is 0 Å². The summed E-state index contributed by atoms with van der Waals surface area (Å²) in [4.78, 5) is 11.0. The maximum Gasteiger partial charge on any atom is 0.307 e. The second-order valence-corrected chi connectivity index (χ2v) is 4.52. The van der Waals surface area contributed by atoms with Crippen LogP contribution in [0.1, 0.15) is 24.8 Å². The first-order valence-electron chi connectivity index (χ1n) is 6.18. The van der Waals surface area contributed by atoms with E-state index in [9.17, 15) is 4.79 Å². The second kappa shape index (κ2) is 6.99. The van der Waals surface area contributed by atoms with Crippen molar-refractivity contribution in [2.45, 2.75) is 19.3 Å².